The van der Waals surface area contributed by atoms with Crippen molar-refractivity contribution in [1.82, 2.24) is 20.1 Å². The van der Waals surface area contributed by atoms with Crippen molar-refractivity contribution < 1.29 is 0 Å². The van der Waals surface area contributed by atoms with Crippen LogP contribution in [-0.2, 0) is 13.0 Å². The zero-order chi connectivity index (χ0) is 13.1. The molecule has 0 spiro atoms. The van der Waals surface area contributed by atoms with Gasteiger partial charge in [-0.3, -0.25) is 10.00 Å². The van der Waals surface area contributed by atoms with Gasteiger partial charge in [0.25, 0.3) is 0 Å². The van der Waals surface area contributed by atoms with Gasteiger partial charge in [-0.15, -0.1) is 11.3 Å². The maximum Gasteiger partial charge on any atom is 0.0897 e. The van der Waals surface area contributed by atoms with Gasteiger partial charge in [-0.1, -0.05) is 0 Å². The van der Waals surface area contributed by atoms with Crippen molar-refractivity contribution in [2.45, 2.75) is 32.7 Å². The summed E-state index contributed by atoms with van der Waals surface area (Å²) in [5.74, 6) is 0.744. The third-order valence-corrected chi connectivity index (χ3v) is 4.54. The molecule has 19 heavy (non-hydrogen) atoms. The van der Waals surface area contributed by atoms with Crippen LogP contribution in [0.2, 0.25) is 0 Å². The fourth-order valence-corrected chi connectivity index (χ4v) is 3.48. The van der Waals surface area contributed by atoms with Gasteiger partial charge in [-0.2, -0.15) is 5.10 Å². The van der Waals surface area contributed by atoms with E-state index in [4.69, 9.17) is 0 Å². The Morgan fingerprint density at radius 2 is 2.47 bits per heavy atom. The first-order valence-electron chi connectivity index (χ1n) is 6.91. The number of hydrogen-bond acceptors (Lipinski definition) is 4. The molecule has 1 saturated heterocycles. The Hall–Kier alpha value is -1.20. The second-order valence-electron chi connectivity index (χ2n) is 5.39. The summed E-state index contributed by atoms with van der Waals surface area (Å²) in [7, 11) is 0. The van der Waals surface area contributed by atoms with Crippen LogP contribution in [0, 0.1) is 12.8 Å². The topological polar surface area (TPSA) is 44.8 Å². The minimum absolute atomic E-state index is 0.744. The lowest BCUT2D eigenvalue weighted by Gasteiger charge is -2.32. The molecule has 5 heteroatoms. The quantitative estimate of drug-likeness (QED) is 0.933. The van der Waals surface area contributed by atoms with Crippen LogP contribution < -0.4 is 0 Å². The standard InChI is InChI=1S/C14H20N4S/c1-11-16-14(10-19-11)9-18-6-2-3-12(8-18)7-13-4-5-15-17-13/h4-5,10,12H,2-3,6-9H2,1H3,(H,15,17). The summed E-state index contributed by atoms with van der Waals surface area (Å²) in [6.07, 6.45) is 5.58. The molecular weight excluding hydrogens is 256 g/mol. The zero-order valence-corrected chi connectivity index (χ0v) is 12.1. The molecule has 0 amide bonds. The minimum atomic E-state index is 0.744. The normalized spacial score (nSPS) is 20.8. The summed E-state index contributed by atoms with van der Waals surface area (Å²) in [5.41, 5.74) is 2.49. The van der Waals surface area contributed by atoms with Crippen LogP contribution in [0.15, 0.2) is 17.6 Å². The number of rotatable bonds is 4. The van der Waals surface area contributed by atoms with Crippen LogP contribution in [0.25, 0.3) is 0 Å². The Morgan fingerprint density at radius 3 is 3.21 bits per heavy atom. The van der Waals surface area contributed by atoms with Gasteiger partial charge in [-0.25, -0.2) is 4.98 Å². The Labute approximate surface area is 117 Å². The minimum Gasteiger partial charge on any atom is -0.297 e. The Kier molecular flexibility index (Phi) is 3.94. The molecule has 1 N–H and O–H groups in total. The smallest absolute Gasteiger partial charge is 0.0897 e. The lowest BCUT2D eigenvalue weighted by Crippen LogP contribution is -2.35. The van der Waals surface area contributed by atoms with Crippen LogP contribution in [0.5, 0.6) is 0 Å². The highest BCUT2D eigenvalue weighted by Crippen LogP contribution is 2.22. The van der Waals surface area contributed by atoms with E-state index in [0.717, 1.165) is 18.9 Å². The number of aromatic amines is 1. The summed E-state index contributed by atoms with van der Waals surface area (Å²) in [6, 6.07) is 2.09. The summed E-state index contributed by atoms with van der Waals surface area (Å²) < 4.78 is 0. The molecule has 0 saturated carbocycles. The molecule has 3 heterocycles. The molecular formula is C14H20N4S. The first kappa shape index (κ1) is 12.8. The average Bonchev–Trinajstić information content (AvgIpc) is 3.02. The number of nitrogens with one attached hydrogen (secondary N) is 1. The highest BCUT2D eigenvalue weighted by molar-refractivity contribution is 7.09. The molecule has 2 aromatic rings. The maximum atomic E-state index is 4.57. The molecule has 1 unspecified atom stereocenters. The van der Waals surface area contributed by atoms with Crippen LogP contribution in [0.4, 0.5) is 0 Å². The van der Waals surface area contributed by atoms with Gasteiger partial charge in [-0.05, 0) is 44.7 Å². The van der Waals surface area contributed by atoms with E-state index in [1.54, 1.807) is 11.3 Å². The molecule has 0 aromatic carbocycles. The fraction of sp³-hybridized carbons (Fsp3) is 0.571. The van der Waals surface area contributed by atoms with Crippen molar-refractivity contribution in [3.63, 3.8) is 0 Å². The van der Waals surface area contributed by atoms with Crippen molar-refractivity contribution in [2.24, 2.45) is 5.92 Å². The molecule has 0 aliphatic carbocycles. The predicted molar refractivity (Wildman–Crippen MR) is 77.1 cm³/mol. The van der Waals surface area contributed by atoms with Crippen molar-refractivity contribution in [2.75, 3.05) is 13.1 Å². The van der Waals surface area contributed by atoms with Gasteiger partial charge in [0.2, 0.25) is 0 Å². The summed E-state index contributed by atoms with van der Waals surface area (Å²) in [4.78, 5) is 7.11. The first-order valence-corrected chi connectivity index (χ1v) is 7.79. The number of thiazole rings is 1. The molecule has 1 atom stereocenters. The van der Waals surface area contributed by atoms with E-state index in [1.807, 2.05) is 6.20 Å². The summed E-state index contributed by atoms with van der Waals surface area (Å²) in [6.45, 7) is 5.46. The zero-order valence-electron chi connectivity index (χ0n) is 11.3. The van der Waals surface area contributed by atoms with Gasteiger partial charge >= 0.3 is 0 Å². The van der Waals surface area contributed by atoms with Gasteiger partial charge in [0.15, 0.2) is 0 Å². The van der Waals surface area contributed by atoms with Gasteiger partial charge in [0.05, 0.1) is 10.7 Å². The molecule has 1 aliphatic rings. The second kappa shape index (κ2) is 5.84. The Morgan fingerprint density at radius 1 is 1.53 bits per heavy atom. The van der Waals surface area contributed by atoms with E-state index in [0.29, 0.717) is 0 Å². The summed E-state index contributed by atoms with van der Waals surface area (Å²) in [5, 5.41) is 10.5. The van der Waals surface area contributed by atoms with E-state index in [2.05, 4.69) is 38.5 Å². The number of aryl methyl sites for hydroxylation is 1. The molecule has 1 fully saturated rings. The molecule has 0 bridgehead atoms. The third-order valence-electron chi connectivity index (χ3n) is 3.72. The highest BCUT2D eigenvalue weighted by Gasteiger charge is 2.21. The molecule has 102 valence electrons. The number of likely N-dealkylation sites (tertiary alicyclic amines) is 1. The monoisotopic (exact) mass is 276 g/mol. The molecule has 4 nitrogen and oxygen atoms in total. The van der Waals surface area contributed by atoms with Crippen LogP contribution in [0.1, 0.15) is 29.2 Å². The fourth-order valence-electron chi connectivity index (χ4n) is 2.88. The van der Waals surface area contributed by atoms with Crippen molar-refractivity contribution in [3.05, 3.63) is 34.0 Å². The van der Waals surface area contributed by atoms with Gasteiger partial charge in [0, 0.05) is 30.4 Å². The average molecular weight is 276 g/mol. The maximum absolute atomic E-state index is 4.57. The lowest BCUT2D eigenvalue weighted by molar-refractivity contribution is 0.165. The van der Waals surface area contributed by atoms with Crippen molar-refractivity contribution in [3.8, 4) is 0 Å². The SMILES string of the molecule is Cc1nc(CN2CCCC(Cc3ccn[nH]3)C2)cs1. The van der Waals surface area contributed by atoms with E-state index < -0.39 is 0 Å². The highest BCUT2D eigenvalue weighted by atomic mass is 32.1. The van der Waals surface area contributed by atoms with Crippen LogP contribution in [-0.4, -0.2) is 33.2 Å². The van der Waals surface area contributed by atoms with Crippen LogP contribution >= 0.6 is 11.3 Å². The van der Waals surface area contributed by atoms with E-state index in [9.17, 15) is 0 Å². The number of hydrogen-bond donors (Lipinski definition) is 1. The van der Waals surface area contributed by atoms with Gasteiger partial charge in [0.1, 0.15) is 0 Å². The Bertz CT molecular complexity index is 505. The predicted octanol–water partition coefficient (Wildman–Crippen LogP) is 2.63. The number of H-pyrrole nitrogens is 1. The first-order chi connectivity index (χ1) is 9.29. The largest absolute Gasteiger partial charge is 0.297 e. The van der Waals surface area contributed by atoms with E-state index in [1.165, 1.54) is 42.3 Å². The Balaban J connectivity index is 1.55. The van der Waals surface area contributed by atoms with Crippen molar-refractivity contribution in [1.29, 1.82) is 0 Å². The number of aromatic nitrogens is 3. The molecule has 0 radical (unpaired) electrons. The lowest BCUT2D eigenvalue weighted by atomic mass is 9.93. The van der Waals surface area contributed by atoms with E-state index in [-0.39, 0.29) is 0 Å². The van der Waals surface area contributed by atoms with Crippen molar-refractivity contribution >= 4 is 11.3 Å². The number of nitrogens with zero attached hydrogens (tertiary/aromatic N) is 3. The third kappa shape index (κ3) is 3.42. The van der Waals surface area contributed by atoms with E-state index >= 15 is 0 Å². The van der Waals surface area contributed by atoms with Crippen LogP contribution in [0.3, 0.4) is 0 Å². The van der Waals surface area contributed by atoms with Gasteiger partial charge < -0.3 is 0 Å². The second-order valence-corrected chi connectivity index (χ2v) is 6.45. The molecule has 3 rings (SSSR count). The molecule has 1 aliphatic heterocycles. The molecule has 2 aromatic heterocycles. The summed E-state index contributed by atoms with van der Waals surface area (Å²) >= 11 is 1.75. The number of piperidine rings is 1.